The molecule has 4 heterocycles. The molecule has 2 aliphatic rings. The molecule has 2 saturated heterocycles. The van der Waals surface area contributed by atoms with Crippen molar-refractivity contribution < 1.29 is 27.6 Å². The molecule has 2 aliphatic heterocycles. The lowest BCUT2D eigenvalue weighted by atomic mass is 9.71. The Bertz CT molecular complexity index is 1160. The molecule has 0 aromatic carbocycles. The van der Waals surface area contributed by atoms with Gasteiger partial charge in [0.05, 0.1) is 0 Å². The van der Waals surface area contributed by atoms with Gasteiger partial charge in [0.15, 0.2) is 5.76 Å². The third kappa shape index (κ3) is 5.70. The summed E-state index contributed by atoms with van der Waals surface area (Å²) >= 11 is 0. The largest absolute Gasteiger partial charge is 0.480 e. The summed E-state index contributed by atoms with van der Waals surface area (Å²) in [7, 11) is -4.16. The zero-order chi connectivity index (χ0) is 25.9. The Morgan fingerprint density at radius 1 is 1.11 bits per heavy atom. The maximum absolute atomic E-state index is 12.9. The van der Waals surface area contributed by atoms with Crippen LogP contribution in [0.5, 0.6) is 0 Å². The standard InChI is InChI=1S/C24H33N5O6S/c1-17-22(18(2)35-26-17)36(33,34)27-20(23(31)32)3-4-21(30)29-15-9-24(10-16-29)7-13-28(14-8-24)19-5-11-25-12-6-19/h5-6,11-12,20,27H,3-4,7-10,13-16H2,1-2H3,(H,31,32)/t20-/m0/s1. The number of anilines is 1. The van der Waals surface area contributed by atoms with Crippen LogP contribution in [-0.2, 0) is 19.6 Å². The monoisotopic (exact) mass is 519 g/mol. The third-order valence-corrected chi connectivity index (χ3v) is 9.22. The first-order chi connectivity index (χ1) is 17.1. The van der Waals surface area contributed by atoms with Crippen molar-refractivity contribution in [2.24, 2.45) is 5.41 Å². The van der Waals surface area contributed by atoms with Crippen molar-refractivity contribution in [2.45, 2.75) is 63.3 Å². The van der Waals surface area contributed by atoms with Crippen molar-refractivity contribution >= 4 is 27.6 Å². The zero-order valence-corrected chi connectivity index (χ0v) is 21.5. The van der Waals surface area contributed by atoms with Gasteiger partial charge in [-0.1, -0.05) is 5.16 Å². The van der Waals surface area contributed by atoms with E-state index in [1.807, 2.05) is 12.1 Å². The van der Waals surface area contributed by atoms with Crippen molar-refractivity contribution in [3.05, 3.63) is 36.0 Å². The second kappa shape index (κ2) is 10.6. The second-order valence-electron chi connectivity index (χ2n) is 9.78. The van der Waals surface area contributed by atoms with E-state index in [1.165, 1.54) is 19.5 Å². The minimum atomic E-state index is -4.16. The van der Waals surface area contributed by atoms with Gasteiger partial charge in [0.25, 0.3) is 0 Å². The predicted octanol–water partition coefficient (Wildman–Crippen LogP) is 2.11. The molecule has 1 atom stereocenters. The lowest BCUT2D eigenvalue weighted by molar-refractivity contribution is -0.139. The maximum Gasteiger partial charge on any atom is 0.321 e. The van der Waals surface area contributed by atoms with Crippen LogP contribution in [-0.4, -0.2) is 72.7 Å². The van der Waals surface area contributed by atoms with Gasteiger partial charge in [-0.25, -0.2) is 8.42 Å². The fourth-order valence-electron chi connectivity index (χ4n) is 5.29. The number of aryl methyl sites for hydroxylation is 2. The zero-order valence-electron chi connectivity index (χ0n) is 20.6. The molecule has 0 radical (unpaired) electrons. The van der Waals surface area contributed by atoms with E-state index in [4.69, 9.17) is 4.52 Å². The molecule has 4 rings (SSSR count). The average molecular weight is 520 g/mol. The topological polar surface area (TPSA) is 146 Å². The van der Waals surface area contributed by atoms with Crippen molar-refractivity contribution in [3.8, 4) is 0 Å². The number of piperidine rings is 2. The van der Waals surface area contributed by atoms with Gasteiger partial charge in [-0.2, -0.15) is 4.72 Å². The summed E-state index contributed by atoms with van der Waals surface area (Å²) in [6.07, 6.45) is 7.40. The number of pyridine rings is 1. The van der Waals surface area contributed by atoms with Gasteiger partial charge >= 0.3 is 5.97 Å². The summed E-state index contributed by atoms with van der Waals surface area (Å²) in [5.74, 6) is -1.41. The molecule has 12 heteroatoms. The number of nitrogens with one attached hydrogen (secondary N) is 1. The molecule has 2 N–H and O–H groups in total. The fourth-order valence-corrected chi connectivity index (χ4v) is 6.84. The number of hydrogen-bond donors (Lipinski definition) is 2. The van der Waals surface area contributed by atoms with E-state index in [9.17, 15) is 23.1 Å². The lowest BCUT2D eigenvalue weighted by Gasteiger charge is -2.47. The highest BCUT2D eigenvalue weighted by Crippen LogP contribution is 2.42. The minimum Gasteiger partial charge on any atom is -0.480 e. The molecule has 1 amide bonds. The minimum absolute atomic E-state index is 0.0517. The number of carboxylic acid groups (broad SMARTS) is 1. The van der Waals surface area contributed by atoms with E-state index in [0.29, 0.717) is 13.1 Å². The highest BCUT2D eigenvalue weighted by atomic mass is 32.2. The molecule has 2 fully saturated rings. The fraction of sp³-hybridized carbons (Fsp3) is 0.583. The highest BCUT2D eigenvalue weighted by molar-refractivity contribution is 7.89. The van der Waals surface area contributed by atoms with Gasteiger partial charge < -0.3 is 19.4 Å². The molecule has 0 saturated carbocycles. The molecular weight excluding hydrogens is 486 g/mol. The molecule has 1 spiro atoms. The molecule has 0 bridgehead atoms. The molecule has 0 aliphatic carbocycles. The first-order valence-corrected chi connectivity index (χ1v) is 13.7. The Balaban J connectivity index is 1.27. The third-order valence-electron chi connectivity index (χ3n) is 7.51. The first-order valence-electron chi connectivity index (χ1n) is 12.2. The molecule has 36 heavy (non-hydrogen) atoms. The van der Waals surface area contributed by atoms with Crippen LogP contribution >= 0.6 is 0 Å². The van der Waals surface area contributed by atoms with Crippen LogP contribution in [0.2, 0.25) is 0 Å². The van der Waals surface area contributed by atoms with Crippen LogP contribution in [0.15, 0.2) is 33.9 Å². The van der Waals surface area contributed by atoms with E-state index in [0.717, 1.165) is 38.8 Å². The van der Waals surface area contributed by atoms with E-state index in [1.54, 1.807) is 17.3 Å². The van der Waals surface area contributed by atoms with Crippen LogP contribution in [0.4, 0.5) is 5.69 Å². The van der Waals surface area contributed by atoms with E-state index in [2.05, 4.69) is 19.8 Å². The van der Waals surface area contributed by atoms with Crippen LogP contribution in [0.25, 0.3) is 0 Å². The van der Waals surface area contributed by atoms with Crippen LogP contribution < -0.4 is 9.62 Å². The average Bonchev–Trinajstić information content (AvgIpc) is 3.21. The Morgan fingerprint density at radius 3 is 2.28 bits per heavy atom. The Labute approximate surface area is 210 Å². The number of sulfonamides is 1. The first kappa shape index (κ1) is 26.1. The number of aromatic nitrogens is 2. The van der Waals surface area contributed by atoms with E-state index in [-0.39, 0.29) is 40.5 Å². The maximum atomic E-state index is 12.9. The van der Waals surface area contributed by atoms with Crippen LogP contribution in [0, 0.1) is 19.3 Å². The summed E-state index contributed by atoms with van der Waals surface area (Å²) in [5, 5.41) is 13.2. The Hall–Kier alpha value is -2.99. The Kier molecular flexibility index (Phi) is 7.65. The molecule has 2 aromatic rings. The number of amides is 1. The van der Waals surface area contributed by atoms with E-state index >= 15 is 0 Å². The molecule has 0 unspecified atom stereocenters. The number of carbonyl (C=O) groups excluding carboxylic acids is 1. The SMILES string of the molecule is Cc1noc(C)c1S(=O)(=O)N[C@@H](CCC(=O)N1CCC2(CC1)CCN(c1ccncc1)CC2)C(=O)O. The van der Waals surface area contributed by atoms with Crippen LogP contribution in [0.3, 0.4) is 0 Å². The van der Waals surface area contributed by atoms with Gasteiger partial charge in [-0.05, 0) is 63.5 Å². The Morgan fingerprint density at radius 2 is 1.72 bits per heavy atom. The van der Waals surface area contributed by atoms with Crippen molar-refractivity contribution in [1.29, 1.82) is 0 Å². The summed E-state index contributed by atoms with van der Waals surface area (Å²) in [6.45, 7) is 6.14. The smallest absolute Gasteiger partial charge is 0.321 e. The van der Waals surface area contributed by atoms with Gasteiger partial charge in [0.1, 0.15) is 16.6 Å². The molecule has 196 valence electrons. The van der Waals surface area contributed by atoms with Gasteiger partial charge in [0.2, 0.25) is 15.9 Å². The number of aliphatic carboxylic acids is 1. The van der Waals surface area contributed by atoms with Gasteiger partial charge in [-0.3, -0.25) is 14.6 Å². The number of nitrogens with zero attached hydrogens (tertiary/aromatic N) is 4. The van der Waals surface area contributed by atoms with Crippen molar-refractivity contribution in [3.63, 3.8) is 0 Å². The number of hydrogen-bond acceptors (Lipinski definition) is 8. The molecular formula is C24H33N5O6S. The van der Waals surface area contributed by atoms with Gasteiger partial charge in [-0.15, -0.1) is 0 Å². The number of rotatable bonds is 8. The number of carbonyl (C=O) groups is 2. The molecule has 2 aromatic heterocycles. The second-order valence-corrected chi connectivity index (χ2v) is 11.4. The highest BCUT2D eigenvalue weighted by Gasteiger charge is 2.39. The van der Waals surface area contributed by atoms with E-state index < -0.39 is 22.0 Å². The van der Waals surface area contributed by atoms with Crippen molar-refractivity contribution in [2.75, 3.05) is 31.1 Å². The van der Waals surface area contributed by atoms with Gasteiger partial charge in [0, 0.05) is 50.7 Å². The lowest BCUT2D eigenvalue weighted by Crippen LogP contribution is -2.48. The summed E-state index contributed by atoms with van der Waals surface area (Å²) in [6, 6.07) is 2.62. The molecule has 11 nitrogen and oxygen atoms in total. The normalized spacial score (nSPS) is 18.8. The quantitative estimate of drug-likeness (QED) is 0.535. The van der Waals surface area contributed by atoms with Crippen LogP contribution in [0.1, 0.15) is 50.0 Å². The predicted molar refractivity (Wildman–Crippen MR) is 131 cm³/mol. The number of likely N-dealkylation sites (tertiary alicyclic amines) is 1. The number of carboxylic acids is 1. The van der Waals surface area contributed by atoms with Crippen molar-refractivity contribution in [1.82, 2.24) is 19.8 Å². The summed E-state index contributed by atoms with van der Waals surface area (Å²) < 4.78 is 32.5. The summed E-state index contributed by atoms with van der Waals surface area (Å²) in [5.41, 5.74) is 1.56. The summed E-state index contributed by atoms with van der Waals surface area (Å²) in [4.78, 5) is 32.7.